The number of hydrogen-bond donors (Lipinski definition) is 1. The van der Waals surface area contributed by atoms with E-state index in [0.717, 1.165) is 12.1 Å². The average molecular weight is 478 g/mol. The molecule has 3 rings (SSSR count). The Morgan fingerprint density at radius 1 is 1.00 bits per heavy atom. The highest BCUT2D eigenvalue weighted by Gasteiger charge is 2.22. The van der Waals surface area contributed by atoms with E-state index in [-0.39, 0.29) is 22.7 Å². The maximum Gasteiger partial charge on any atom is 0.293 e. The molecule has 1 heterocycles. The zero-order valence-electron chi connectivity index (χ0n) is 16.4. The molecule has 0 aliphatic heterocycles. The summed E-state index contributed by atoms with van der Waals surface area (Å²) >= 11 is 3.14. The van der Waals surface area contributed by atoms with E-state index in [1.54, 1.807) is 24.3 Å². The zero-order chi connectivity index (χ0) is 22.0. The molecule has 1 N–H and O–H groups in total. The molecule has 2 aromatic carbocycles. The van der Waals surface area contributed by atoms with Crippen LogP contribution in [-0.2, 0) is 0 Å². The molecular weight excluding hydrogens is 460 g/mol. The Bertz CT molecular complexity index is 1090. The smallest absolute Gasteiger partial charge is 0.293 e. The number of benzene rings is 2. The van der Waals surface area contributed by atoms with Gasteiger partial charge in [-0.3, -0.25) is 9.59 Å². The first-order chi connectivity index (χ1) is 14.2. The number of anilines is 3. The Morgan fingerprint density at radius 2 is 1.63 bits per heavy atom. The number of para-hydroxylation sites is 1. The molecule has 6 nitrogen and oxygen atoms in total. The molecule has 2 amide bonds. The molecule has 3 aromatic rings. The predicted octanol–water partition coefficient (Wildman–Crippen LogP) is 4.92. The summed E-state index contributed by atoms with van der Waals surface area (Å²) in [6.45, 7) is 0. The van der Waals surface area contributed by atoms with Crippen LogP contribution >= 0.6 is 15.9 Å². The number of hydrogen-bond acceptors (Lipinski definition) is 4. The lowest BCUT2D eigenvalue weighted by atomic mass is 10.1. The number of carbonyl (C=O) groups excluding carboxylic acids is 2. The average Bonchev–Trinajstić information content (AvgIpc) is 3.12. The fourth-order valence-electron chi connectivity index (χ4n) is 2.93. The number of nitrogens with one attached hydrogen (secondary N) is 1. The highest BCUT2D eigenvalue weighted by Crippen LogP contribution is 2.27. The van der Waals surface area contributed by atoms with Crippen LogP contribution in [0.2, 0.25) is 0 Å². The van der Waals surface area contributed by atoms with Crippen LogP contribution in [0.1, 0.15) is 20.9 Å². The Balaban J connectivity index is 1.88. The molecule has 0 aliphatic rings. The van der Waals surface area contributed by atoms with Crippen molar-refractivity contribution < 1.29 is 22.8 Å². The van der Waals surface area contributed by atoms with Crippen LogP contribution < -0.4 is 15.1 Å². The fourth-order valence-corrected chi connectivity index (χ4v) is 3.23. The molecule has 0 bridgehead atoms. The van der Waals surface area contributed by atoms with E-state index in [1.165, 1.54) is 43.1 Å². The summed E-state index contributed by atoms with van der Waals surface area (Å²) in [5, 5.41) is 2.48. The Hall–Kier alpha value is -3.20. The number of halogens is 3. The maximum atomic E-state index is 14.2. The maximum absolute atomic E-state index is 14.2. The number of rotatable bonds is 5. The minimum absolute atomic E-state index is 0.0423. The number of carbonyl (C=O) groups is 2. The van der Waals surface area contributed by atoms with Gasteiger partial charge in [0.05, 0.1) is 11.3 Å². The predicted molar refractivity (Wildman–Crippen MR) is 114 cm³/mol. The van der Waals surface area contributed by atoms with Crippen LogP contribution in [0.5, 0.6) is 0 Å². The first kappa shape index (κ1) is 21.5. The molecule has 0 saturated carbocycles. The van der Waals surface area contributed by atoms with E-state index in [0.29, 0.717) is 10.4 Å². The summed E-state index contributed by atoms with van der Waals surface area (Å²) in [6, 6.07) is 11.5. The van der Waals surface area contributed by atoms with Gasteiger partial charge in [-0.15, -0.1) is 0 Å². The summed E-state index contributed by atoms with van der Waals surface area (Å²) in [7, 11) is 4.52. The molecule has 156 valence electrons. The standard InChI is InChI=1S/C21H18BrF2N3O3/c1-26(2)19-14(23)10-12(11-15(19)24)25-20(28)13-6-4-5-7-16(13)27(3)21(29)17-8-9-18(22)30-17/h4-11H,1-3H3,(H,25,28). The van der Waals surface area contributed by atoms with E-state index in [2.05, 4.69) is 21.2 Å². The summed E-state index contributed by atoms with van der Waals surface area (Å²) in [4.78, 5) is 28.0. The van der Waals surface area contributed by atoms with Crippen molar-refractivity contribution in [2.24, 2.45) is 0 Å². The van der Waals surface area contributed by atoms with Gasteiger partial charge in [0.1, 0.15) is 5.69 Å². The molecule has 0 aliphatic carbocycles. The third-order valence-corrected chi connectivity index (χ3v) is 4.75. The van der Waals surface area contributed by atoms with E-state index in [1.807, 2.05) is 0 Å². The van der Waals surface area contributed by atoms with Gasteiger partial charge >= 0.3 is 0 Å². The van der Waals surface area contributed by atoms with E-state index < -0.39 is 23.4 Å². The van der Waals surface area contributed by atoms with E-state index in [4.69, 9.17) is 4.42 Å². The van der Waals surface area contributed by atoms with Gasteiger partial charge < -0.3 is 19.5 Å². The second-order valence-corrected chi connectivity index (χ2v) is 7.40. The minimum Gasteiger partial charge on any atom is -0.444 e. The lowest BCUT2D eigenvalue weighted by Crippen LogP contribution is -2.28. The summed E-state index contributed by atoms with van der Waals surface area (Å²) in [6.07, 6.45) is 0. The van der Waals surface area contributed by atoms with Crippen molar-refractivity contribution in [3.05, 3.63) is 76.2 Å². The third-order valence-electron chi connectivity index (χ3n) is 4.32. The van der Waals surface area contributed by atoms with Crippen LogP contribution in [0.3, 0.4) is 0 Å². The molecule has 0 spiro atoms. The minimum atomic E-state index is -0.806. The van der Waals surface area contributed by atoms with E-state index >= 15 is 0 Å². The highest BCUT2D eigenvalue weighted by molar-refractivity contribution is 9.10. The molecular formula is C21H18BrF2N3O3. The SMILES string of the molecule is CN(C)c1c(F)cc(NC(=O)c2ccccc2N(C)C(=O)c2ccc(Br)o2)cc1F. The topological polar surface area (TPSA) is 65.8 Å². The fraction of sp³-hybridized carbons (Fsp3) is 0.143. The largest absolute Gasteiger partial charge is 0.444 e. The Morgan fingerprint density at radius 3 is 2.20 bits per heavy atom. The lowest BCUT2D eigenvalue weighted by molar-refractivity contribution is 0.0965. The molecule has 0 saturated heterocycles. The number of amides is 2. The van der Waals surface area contributed by atoms with Gasteiger partial charge in [-0.05, 0) is 52.3 Å². The normalized spacial score (nSPS) is 10.6. The van der Waals surface area contributed by atoms with Gasteiger partial charge in [0.15, 0.2) is 22.1 Å². The van der Waals surface area contributed by atoms with E-state index in [9.17, 15) is 18.4 Å². The Kier molecular flexibility index (Phi) is 6.21. The van der Waals surface area contributed by atoms with Crippen LogP contribution in [0.25, 0.3) is 0 Å². The first-order valence-corrected chi connectivity index (χ1v) is 9.58. The van der Waals surface area contributed by atoms with Gasteiger partial charge in [-0.25, -0.2) is 8.78 Å². The van der Waals surface area contributed by atoms with Crippen molar-refractivity contribution in [3.63, 3.8) is 0 Å². The molecule has 0 atom stereocenters. The highest BCUT2D eigenvalue weighted by atomic mass is 79.9. The van der Waals surface area contributed by atoms with Crippen molar-refractivity contribution in [3.8, 4) is 0 Å². The van der Waals surface area contributed by atoms with Crippen LogP contribution in [-0.4, -0.2) is 33.0 Å². The second kappa shape index (κ2) is 8.66. The first-order valence-electron chi connectivity index (χ1n) is 8.79. The van der Waals surface area contributed by atoms with Crippen molar-refractivity contribution in [2.75, 3.05) is 36.3 Å². The molecule has 1 aromatic heterocycles. The summed E-state index contributed by atoms with van der Waals surface area (Å²) in [5.74, 6) is -2.61. The quantitative estimate of drug-likeness (QED) is 0.566. The molecule has 0 radical (unpaired) electrons. The number of nitrogens with zero attached hydrogens (tertiary/aromatic N) is 2. The summed E-state index contributed by atoms with van der Waals surface area (Å²) < 4.78 is 34.1. The third kappa shape index (κ3) is 4.35. The molecule has 0 fully saturated rings. The van der Waals surface area contributed by atoms with Gasteiger partial charge in [-0.1, -0.05) is 12.1 Å². The van der Waals surface area contributed by atoms with Crippen LogP contribution in [0.15, 0.2) is 57.6 Å². The van der Waals surface area contributed by atoms with Crippen molar-refractivity contribution >= 4 is 44.8 Å². The molecule has 9 heteroatoms. The number of furan rings is 1. The Labute approximate surface area is 180 Å². The monoisotopic (exact) mass is 477 g/mol. The van der Waals surface area contributed by atoms with Gasteiger partial charge in [0.2, 0.25) is 0 Å². The van der Waals surface area contributed by atoms with Crippen molar-refractivity contribution in [1.29, 1.82) is 0 Å². The lowest BCUT2D eigenvalue weighted by Gasteiger charge is -2.20. The molecule has 30 heavy (non-hydrogen) atoms. The van der Waals surface area contributed by atoms with Gasteiger partial charge in [0, 0.05) is 26.8 Å². The second-order valence-electron chi connectivity index (χ2n) is 6.62. The zero-order valence-corrected chi connectivity index (χ0v) is 18.0. The molecule has 0 unspecified atom stereocenters. The van der Waals surface area contributed by atoms with Crippen molar-refractivity contribution in [1.82, 2.24) is 0 Å². The van der Waals surface area contributed by atoms with Gasteiger partial charge in [-0.2, -0.15) is 0 Å². The summed E-state index contributed by atoms with van der Waals surface area (Å²) in [5.41, 5.74) is 0.206. The van der Waals surface area contributed by atoms with Crippen LogP contribution in [0, 0.1) is 11.6 Å². The van der Waals surface area contributed by atoms with Gasteiger partial charge in [0.25, 0.3) is 11.8 Å². The van der Waals surface area contributed by atoms with Crippen LogP contribution in [0.4, 0.5) is 25.8 Å². The van der Waals surface area contributed by atoms with Crippen molar-refractivity contribution in [2.45, 2.75) is 0 Å².